The van der Waals surface area contributed by atoms with Gasteiger partial charge >= 0.3 is 0 Å². The zero-order chi connectivity index (χ0) is 66.3. The number of pyridine rings is 1. The number of benzene rings is 6. The van der Waals surface area contributed by atoms with Crippen LogP contribution >= 0.6 is 0 Å². The highest BCUT2D eigenvalue weighted by Gasteiger charge is 2.29. The number of aromatic nitrogens is 6. The van der Waals surface area contributed by atoms with Gasteiger partial charge in [-0.25, -0.2) is 29.5 Å². The average Bonchev–Trinajstić information content (AvgIpc) is 1.61. The Morgan fingerprint density at radius 3 is 1.23 bits per heavy atom. The first-order valence-corrected chi connectivity index (χ1v) is 34.2. The molecule has 474 valence electrons. The third-order valence-corrected chi connectivity index (χ3v) is 19.3. The van der Waals surface area contributed by atoms with Crippen LogP contribution in [0.3, 0.4) is 0 Å². The predicted octanol–water partition coefficient (Wildman–Crippen LogP) is 19.5. The molecule has 6 aromatic carbocycles. The number of nitrogens with one attached hydrogen (secondary N) is 4. The number of hydrogen-bond acceptors (Lipinski definition) is 5. The van der Waals surface area contributed by atoms with Crippen LogP contribution in [-0.2, 0) is 6.54 Å². The van der Waals surface area contributed by atoms with Gasteiger partial charge in [-0.2, -0.15) is 0 Å². The van der Waals surface area contributed by atoms with Crippen LogP contribution in [0.2, 0.25) is 0 Å². The standard InChI is InChI=1S/C90H64N10/c1-7-21-59(22-8-1)83-67-33-37-71(91-67)85(61-25-11-3-12-26-61)75-41-45-79(95-75)89(80-46-42-76(96-80)86(62-27-13-4-14-28-62)72-38-34-68(83)92-72)65-49-55-99(56-50-65)53-19-20-54-100-57-51-66(52-58-100)90-81-47-43-77(97-81)87(63-29-15-5-16-30-63)73-39-35-69(93-73)84(60-23-9-2-10-24-60)70-36-40-74(94-70)88(64-31-17-6-18-32-64)78-44-48-82(90)98-78/h1-18,21-52,55-58H,19-20,53-54H2,(H2,91,92,93,94,95,96,97,98)/p+2. The number of H-pyrrole nitrogens is 4. The van der Waals surface area contributed by atoms with Crippen LogP contribution in [0, 0.1) is 0 Å². The Kier molecular flexibility index (Phi) is 15.3. The number of unbranched alkanes of at least 4 members (excludes halogenated alkanes) is 1. The Morgan fingerprint density at radius 1 is 0.320 bits per heavy atom. The van der Waals surface area contributed by atoms with Crippen molar-refractivity contribution < 1.29 is 9.55 Å². The van der Waals surface area contributed by atoms with Crippen molar-refractivity contribution in [1.82, 2.24) is 24.8 Å². The molecule has 0 atom stereocenters. The first kappa shape index (κ1) is 59.3. The second kappa shape index (κ2) is 25.8. The Morgan fingerprint density at radius 2 is 0.720 bits per heavy atom. The van der Waals surface area contributed by atoms with E-state index < -0.39 is 0 Å². The van der Waals surface area contributed by atoms with Crippen LogP contribution in [0.1, 0.15) is 63.7 Å². The van der Waals surface area contributed by atoms with Crippen molar-refractivity contribution in [2.75, 3.05) is 6.54 Å². The second-order valence-corrected chi connectivity index (χ2v) is 25.6. The fourth-order valence-corrected chi connectivity index (χ4v) is 14.6. The van der Waals surface area contributed by atoms with Gasteiger partial charge in [0, 0.05) is 111 Å². The van der Waals surface area contributed by atoms with E-state index in [4.69, 9.17) is 20.0 Å². The molecule has 0 spiro atoms. The van der Waals surface area contributed by atoms with Gasteiger partial charge in [0.05, 0.1) is 62.3 Å². The van der Waals surface area contributed by atoms with E-state index in [1.54, 1.807) is 0 Å². The van der Waals surface area contributed by atoms with Gasteiger partial charge in [0.1, 0.15) is 6.54 Å². The van der Waals surface area contributed by atoms with Crippen molar-refractivity contribution >= 4 is 80.2 Å². The molecule has 7 aliphatic rings. The monoisotopic (exact) mass is 1290 g/mol. The van der Waals surface area contributed by atoms with Gasteiger partial charge in [0.15, 0.2) is 12.4 Å². The van der Waals surface area contributed by atoms with Crippen LogP contribution in [0.15, 0.2) is 347 Å². The molecule has 16 bridgehead atoms. The summed E-state index contributed by atoms with van der Waals surface area (Å²) < 4.78 is 2.30. The summed E-state index contributed by atoms with van der Waals surface area (Å²) in [7, 11) is 0. The predicted molar refractivity (Wildman–Crippen MR) is 410 cm³/mol. The Labute approximate surface area is 579 Å². The van der Waals surface area contributed by atoms with Crippen molar-refractivity contribution in [1.29, 1.82) is 0 Å². The maximum absolute atomic E-state index is 5.53. The lowest BCUT2D eigenvalue weighted by molar-refractivity contribution is -0.697. The molecule has 0 amide bonds. The molecule has 5 aromatic heterocycles. The highest BCUT2D eigenvalue weighted by atomic mass is 15.1. The summed E-state index contributed by atoms with van der Waals surface area (Å²) in [5.41, 5.74) is 31.5. The molecule has 10 nitrogen and oxygen atoms in total. The number of fused-ring (bicyclic) bond motifs is 13. The molecular formula is C90H66N10+2. The fraction of sp³-hybridized carbons (Fsp3) is 0.0444. The van der Waals surface area contributed by atoms with Gasteiger partial charge < -0.3 is 19.9 Å². The maximum atomic E-state index is 5.53. The Bertz CT molecular complexity index is 5610. The molecule has 18 rings (SSSR count). The highest BCUT2D eigenvalue weighted by molar-refractivity contribution is 6.36. The summed E-state index contributed by atoms with van der Waals surface area (Å²) in [6, 6.07) is 81.1. The van der Waals surface area contributed by atoms with Gasteiger partial charge in [0.2, 0.25) is 11.4 Å². The average molecular weight is 1290 g/mol. The van der Waals surface area contributed by atoms with Crippen LogP contribution < -0.4 is 9.55 Å². The number of aliphatic imine (C=N–C) groups is 3. The van der Waals surface area contributed by atoms with E-state index in [0.717, 1.165) is 205 Å². The molecule has 10 heteroatoms. The first-order valence-electron chi connectivity index (χ1n) is 34.2. The number of allylic oxidation sites excluding steroid dienone is 11. The van der Waals surface area contributed by atoms with Gasteiger partial charge in [-0.1, -0.05) is 182 Å². The zero-order valence-electron chi connectivity index (χ0n) is 54.7. The van der Waals surface area contributed by atoms with Gasteiger partial charge in [-0.05, 0) is 148 Å². The Hall–Kier alpha value is -13.2. The smallest absolute Gasteiger partial charge is 0.214 e. The van der Waals surface area contributed by atoms with E-state index in [1.165, 1.54) is 0 Å². The quantitative estimate of drug-likeness (QED) is 0.0834. The molecule has 100 heavy (non-hydrogen) atoms. The summed E-state index contributed by atoms with van der Waals surface area (Å²) in [5.74, 6) is 0. The summed E-state index contributed by atoms with van der Waals surface area (Å²) in [6.07, 6.45) is 36.8. The van der Waals surface area contributed by atoms with Crippen LogP contribution in [0.5, 0.6) is 0 Å². The molecule has 11 aromatic rings. The number of aromatic amines is 4. The maximum Gasteiger partial charge on any atom is 0.214 e. The topological polar surface area (TPSA) is 119 Å². The van der Waals surface area contributed by atoms with Crippen molar-refractivity contribution in [3.63, 3.8) is 0 Å². The molecular weight excluding hydrogens is 1220 g/mol. The molecule has 7 aliphatic heterocycles. The number of hydrogen-bond donors (Lipinski definition) is 3. The van der Waals surface area contributed by atoms with E-state index in [-0.39, 0.29) is 0 Å². The van der Waals surface area contributed by atoms with Crippen LogP contribution in [0.25, 0.3) is 108 Å². The van der Waals surface area contributed by atoms with Crippen molar-refractivity contribution in [3.05, 3.63) is 383 Å². The lowest BCUT2D eigenvalue weighted by Crippen LogP contribution is -2.32. The molecule has 0 aliphatic carbocycles. The molecule has 0 saturated heterocycles. The summed E-state index contributed by atoms with van der Waals surface area (Å²) in [4.78, 5) is 39.9. The van der Waals surface area contributed by atoms with Gasteiger partial charge in [0.25, 0.3) is 0 Å². The first-order chi connectivity index (χ1) is 49.5. The summed E-state index contributed by atoms with van der Waals surface area (Å²) >= 11 is 0. The minimum Gasteiger partial charge on any atom is -0.354 e. The third-order valence-electron chi connectivity index (χ3n) is 19.3. The van der Waals surface area contributed by atoms with E-state index >= 15 is 0 Å². The van der Waals surface area contributed by atoms with Crippen LogP contribution in [0.4, 0.5) is 0 Å². The molecule has 12 heterocycles. The van der Waals surface area contributed by atoms with E-state index in [9.17, 15) is 0 Å². The lowest BCUT2D eigenvalue weighted by Gasteiger charge is -2.20. The molecule has 4 N–H and O–H groups in total. The Balaban J connectivity index is 0.663. The number of nitrogens with zero attached hydrogens (tertiary/aromatic N) is 6. The van der Waals surface area contributed by atoms with E-state index in [2.05, 4.69) is 358 Å². The molecule has 0 radical (unpaired) electrons. The van der Waals surface area contributed by atoms with Crippen molar-refractivity contribution in [3.8, 4) is 44.5 Å². The van der Waals surface area contributed by atoms with E-state index in [0.29, 0.717) is 0 Å². The third kappa shape index (κ3) is 11.3. The minimum atomic E-state index is 0.840. The van der Waals surface area contributed by atoms with Gasteiger partial charge in [-0.15, -0.1) is 0 Å². The van der Waals surface area contributed by atoms with Crippen molar-refractivity contribution in [2.24, 2.45) is 15.0 Å². The molecule has 0 saturated carbocycles. The van der Waals surface area contributed by atoms with E-state index in [1.807, 2.05) is 0 Å². The zero-order valence-corrected chi connectivity index (χ0v) is 54.7. The molecule has 0 fully saturated rings. The minimum absolute atomic E-state index is 0.840. The summed E-state index contributed by atoms with van der Waals surface area (Å²) in [5, 5.41) is 0. The SMILES string of the molecule is C1=CC2=C(c3ccccc3)C3=NC(=C(c4ccccc4)c4ccc([nH]4)C(c4ccccc4)=C4C=CC(=N4)C(=C4C=CN(CCCC[n+]5ccc(-c6c7ccc([nH]7)c(-c7ccccc7)c7nc(c(-c8ccccc8)c8[nH+]c(c(-c9ccccc9)c9ccc6[nH]9)C=C8)C=C7)cc5)C=C4)C1=N2)C=C3. The summed E-state index contributed by atoms with van der Waals surface area (Å²) in [6.45, 7) is 1.72. The van der Waals surface area contributed by atoms with Gasteiger partial charge in [-0.3, -0.25) is 0 Å². The number of aryl methyl sites for hydroxylation is 1. The highest BCUT2D eigenvalue weighted by Crippen LogP contribution is 2.41. The van der Waals surface area contributed by atoms with Crippen LogP contribution in [-0.4, -0.2) is 48.5 Å². The fourth-order valence-electron chi connectivity index (χ4n) is 14.6. The second-order valence-electron chi connectivity index (χ2n) is 25.6. The van der Waals surface area contributed by atoms with Crippen molar-refractivity contribution in [2.45, 2.75) is 19.4 Å². The largest absolute Gasteiger partial charge is 0.354 e. The lowest BCUT2D eigenvalue weighted by atomic mass is 9.97. The molecule has 0 unspecified atom stereocenters. The normalized spacial score (nSPS) is 15.1. The number of rotatable bonds is 12.